The van der Waals surface area contributed by atoms with E-state index < -0.39 is 152 Å². The van der Waals surface area contributed by atoms with Gasteiger partial charge >= 0.3 is 0 Å². The summed E-state index contributed by atoms with van der Waals surface area (Å²) in [5.74, 6) is -11.7. The number of hydrogen-bond donors (Lipinski definition) is 12. The molecule has 10 atom stereocenters. The number of aromatic hydroxyl groups is 1. The molecule has 3 aliphatic rings. The van der Waals surface area contributed by atoms with Crippen LogP contribution in [0.15, 0.2) is 23.2 Å². The van der Waals surface area contributed by atoms with Gasteiger partial charge in [-0.15, -0.1) is 11.8 Å². The Hall–Kier alpha value is -5.78. The first-order valence-corrected chi connectivity index (χ1v) is 21.6. The molecule has 1 fully saturated rings. The number of carbonyl (C=O) groups is 9. The van der Waals surface area contributed by atoms with E-state index in [9.17, 15) is 63.6 Å². The number of aromatic nitrogens is 1. The van der Waals surface area contributed by atoms with Gasteiger partial charge in [-0.2, -0.15) is 0 Å². The Kier molecular flexibility index (Phi) is 16.1. The minimum Gasteiger partial charge on any atom is -0.507 e. The second-order valence-corrected chi connectivity index (χ2v) is 17.3. The number of carbonyl (C=O) groups excluding carboxylic acids is 9. The lowest BCUT2D eigenvalue weighted by Gasteiger charge is -2.32. The van der Waals surface area contributed by atoms with Gasteiger partial charge in [-0.1, -0.05) is 33.3 Å². The predicted octanol–water partition coefficient (Wildman–Crippen LogP) is -3.85. The van der Waals surface area contributed by atoms with Crippen LogP contribution in [-0.2, 0) is 49.6 Å². The highest BCUT2D eigenvalue weighted by Crippen LogP contribution is 2.37. The number of hydrogen-bond acceptors (Lipinski definition) is 14. The van der Waals surface area contributed by atoms with Crippen LogP contribution in [0.2, 0.25) is 0 Å². The topological polar surface area (TPSA) is 352 Å². The van der Waals surface area contributed by atoms with Gasteiger partial charge in [0.05, 0.1) is 54.9 Å². The summed E-state index contributed by atoms with van der Waals surface area (Å²) in [5, 5.41) is 58.1. The number of aromatic amines is 1. The third kappa shape index (κ3) is 11.6. The molecule has 0 spiro atoms. The largest absolute Gasteiger partial charge is 0.507 e. The molecule has 4 heterocycles. The number of nitrogens with one attached hydrogen (secondary N) is 7. The molecule has 0 aliphatic carbocycles. The number of amides is 8. The number of primary amides is 1. The van der Waals surface area contributed by atoms with Crippen molar-refractivity contribution in [3.05, 3.63) is 23.8 Å². The Bertz CT molecular complexity index is 2120. The van der Waals surface area contributed by atoms with Crippen molar-refractivity contribution in [2.24, 2.45) is 23.5 Å². The maximum atomic E-state index is 14.5. The third-order valence-electron chi connectivity index (χ3n) is 11.7. The zero-order valence-electron chi connectivity index (χ0n) is 35.0. The summed E-state index contributed by atoms with van der Waals surface area (Å²) < 4.78 is 0. The Morgan fingerprint density at radius 1 is 0.905 bits per heavy atom. The third-order valence-corrected chi connectivity index (χ3v) is 12.8. The Morgan fingerprint density at radius 2 is 1.59 bits per heavy atom. The summed E-state index contributed by atoms with van der Waals surface area (Å²) in [4.78, 5) is 128. The zero-order chi connectivity index (χ0) is 46.3. The number of aliphatic hydroxyl groups excluding tert-OH is 3. The van der Waals surface area contributed by atoms with Crippen LogP contribution in [0.1, 0.15) is 52.0 Å². The molecule has 1 aromatic heterocycles. The number of phenolic OH excluding ortho intramolecular Hbond substituents is 1. The van der Waals surface area contributed by atoms with Crippen LogP contribution in [0.5, 0.6) is 5.75 Å². The number of benzene rings is 1. The fourth-order valence-corrected chi connectivity index (χ4v) is 9.01. The molecule has 2 aromatic rings. The number of aliphatic hydroxyl groups is 3. The minimum absolute atomic E-state index is 0.227. The molecule has 5 rings (SSSR count). The molecule has 23 heteroatoms. The number of fused-ring (bicyclic) bond motifs is 5. The second kappa shape index (κ2) is 21.1. The van der Waals surface area contributed by atoms with Gasteiger partial charge in [-0.3, -0.25) is 43.2 Å². The van der Waals surface area contributed by atoms with Crippen molar-refractivity contribution >= 4 is 75.7 Å². The van der Waals surface area contributed by atoms with Gasteiger partial charge < -0.3 is 67.9 Å². The monoisotopic (exact) mass is 901 g/mol. The van der Waals surface area contributed by atoms with E-state index in [0.29, 0.717) is 11.9 Å². The number of Topliss-reactive ketones (excluding diaryl/α,β-unsaturated/α-hetero) is 1. The van der Waals surface area contributed by atoms with Gasteiger partial charge in [0.15, 0.2) is 5.78 Å². The molecule has 22 nitrogen and oxygen atoms in total. The fourth-order valence-electron chi connectivity index (χ4n) is 7.90. The molecule has 0 radical (unpaired) electrons. The normalized spacial score (nSPS) is 27.7. The fraction of sp³-hybridized carbons (Fsp3) is 0.575. The van der Waals surface area contributed by atoms with Gasteiger partial charge in [0.1, 0.15) is 29.9 Å². The van der Waals surface area contributed by atoms with Crippen LogP contribution in [0.3, 0.4) is 0 Å². The van der Waals surface area contributed by atoms with Crippen LogP contribution >= 0.6 is 11.8 Å². The van der Waals surface area contributed by atoms with E-state index in [2.05, 4.69) is 36.9 Å². The molecular weight excluding hydrogens is 847 g/mol. The van der Waals surface area contributed by atoms with Crippen LogP contribution in [0.4, 0.5) is 0 Å². The lowest BCUT2D eigenvalue weighted by molar-refractivity contribution is -0.144. The van der Waals surface area contributed by atoms with Crippen LogP contribution < -0.4 is 37.6 Å². The van der Waals surface area contributed by atoms with Gasteiger partial charge in [0, 0.05) is 42.4 Å². The van der Waals surface area contributed by atoms with Gasteiger partial charge in [0.25, 0.3) is 0 Å². The Morgan fingerprint density at radius 3 is 2.25 bits per heavy atom. The predicted molar refractivity (Wildman–Crippen MR) is 223 cm³/mol. The van der Waals surface area contributed by atoms with Gasteiger partial charge in [0.2, 0.25) is 47.3 Å². The van der Waals surface area contributed by atoms with Crippen molar-refractivity contribution in [2.75, 3.05) is 32.0 Å². The maximum absolute atomic E-state index is 14.5. The molecule has 3 aliphatic heterocycles. The molecule has 1 saturated heterocycles. The van der Waals surface area contributed by atoms with E-state index in [1.807, 2.05) is 0 Å². The Balaban J connectivity index is 1.71. The number of phenols is 1. The van der Waals surface area contributed by atoms with E-state index in [-0.39, 0.29) is 40.3 Å². The smallest absolute Gasteiger partial charge is 0.246 e. The van der Waals surface area contributed by atoms with E-state index in [1.54, 1.807) is 26.0 Å². The maximum Gasteiger partial charge on any atom is 0.246 e. The summed E-state index contributed by atoms with van der Waals surface area (Å²) in [6.07, 6.45) is -4.58. The molecule has 0 saturated carbocycles. The van der Waals surface area contributed by atoms with E-state index >= 15 is 0 Å². The van der Waals surface area contributed by atoms with E-state index in [0.717, 1.165) is 16.7 Å². The lowest BCUT2D eigenvalue weighted by atomic mass is 9.85. The van der Waals surface area contributed by atoms with Crippen molar-refractivity contribution in [1.29, 1.82) is 0 Å². The van der Waals surface area contributed by atoms with Crippen molar-refractivity contribution in [3.63, 3.8) is 0 Å². The highest BCUT2D eigenvalue weighted by atomic mass is 32.2. The summed E-state index contributed by atoms with van der Waals surface area (Å²) >= 11 is 0.950. The number of H-pyrrole nitrogens is 1. The summed E-state index contributed by atoms with van der Waals surface area (Å²) in [7, 11) is 0. The quantitative estimate of drug-likeness (QED) is 0.127. The number of nitrogens with two attached hydrogens (primary N) is 1. The average molecular weight is 902 g/mol. The van der Waals surface area contributed by atoms with Crippen molar-refractivity contribution in [2.45, 2.75) is 100 Å². The average Bonchev–Trinajstić information content (AvgIpc) is 3.82. The molecule has 2 bridgehead atoms. The lowest BCUT2D eigenvalue weighted by Crippen LogP contribution is -2.60. The molecular formula is C40H55N9O13S. The SMILES string of the molecule is CC[C@H](C)[C@@H]1NC(=O)CNC(=O)C2CC(=O)[C@H](C(C)[C@@H](O)CO)NC(=O)[C@@H]3CC(O)CN3C(=O)C(CC(N)=O)NC(=O)C(CSc3[nH]c4cccc(O)c4c3C2)NC(=O)CNC1=O. The van der Waals surface area contributed by atoms with E-state index in [1.165, 1.54) is 13.0 Å². The number of thioether (sulfide) groups is 1. The van der Waals surface area contributed by atoms with Gasteiger partial charge in [-0.25, -0.2) is 0 Å². The molecule has 344 valence electrons. The van der Waals surface area contributed by atoms with Crippen molar-refractivity contribution in [3.8, 4) is 5.75 Å². The van der Waals surface area contributed by atoms with Crippen LogP contribution in [-0.4, -0.2) is 158 Å². The molecule has 13 N–H and O–H groups in total. The first kappa shape index (κ1) is 48.3. The minimum atomic E-state index is -1.74. The van der Waals surface area contributed by atoms with Crippen molar-refractivity contribution < 1.29 is 63.6 Å². The summed E-state index contributed by atoms with van der Waals surface area (Å²) in [6.45, 7) is 2.18. The first-order valence-electron chi connectivity index (χ1n) is 20.6. The van der Waals surface area contributed by atoms with Gasteiger partial charge in [-0.05, 0) is 30.0 Å². The number of nitrogens with zero attached hydrogens (tertiary/aromatic N) is 1. The van der Waals surface area contributed by atoms with Crippen LogP contribution in [0.25, 0.3) is 10.9 Å². The number of rotatable bonds is 7. The molecule has 1 aromatic carbocycles. The number of ketones is 1. The van der Waals surface area contributed by atoms with E-state index in [4.69, 9.17) is 5.73 Å². The standard InChI is InChI=1S/C40H55N9O13S/c1-4-17(2)33-38(61)43-12-30(56)44-24-16-63-39-21(32-22(46-39)6-5-7-26(32)52)8-19(35(58)42-13-31(57)47-33)9-27(53)34(18(3)28(54)15-50)48-37(60)25-10-20(51)14-49(25)40(62)23(11-29(41)55)45-36(24)59/h5-7,17-20,23-25,28,33-34,46,50-52,54H,4,8-16H2,1-3H3,(H2,41,55)(H,42,58)(H,43,61)(H,44,56)(H,45,59)(H,47,57)(H,48,60)/t17-,18?,19?,20?,23?,24?,25-,28-,33-,34-/m0/s1. The summed E-state index contributed by atoms with van der Waals surface area (Å²) in [6, 6.07) is -3.02. The zero-order valence-corrected chi connectivity index (χ0v) is 35.8. The highest BCUT2D eigenvalue weighted by molar-refractivity contribution is 7.99. The van der Waals surface area contributed by atoms with Crippen LogP contribution in [0, 0.1) is 17.8 Å². The second-order valence-electron chi connectivity index (χ2n) is 16.2. The first-order chi connectivity index (χ1) is 29.8. The summed E-state index contributed by atoms with van der Waals surface area (Å²) in [5.41, 5.74) is 6.16. The molecule has 8 amide bonds. The highest BCUT2D eigenvalue weighted by Gasteiger charge is 2.45. The molecule has 63 heavy (non-hydrogen) atoms. The Labute approximate surface area is 365 Å². The van der Waals surface area contributed by atoms with Crippen molar-refractivity contribution in [1.82, 2.24) is 41.8 Å². The molecule has 5 unspecified atom stereocenters.